The topological polar surface area (TPSA) is 3.24 Å². The van der Waals surface area contributed by atoms with E-state index >= 15 is 0 Å². The number of para-hydroxylation sites is 2. The number of hydrogen-bond donors (Lipinski definition) is 0. The molecule has 3 rings (SSSR count). The third kappa shape index (κ3) is 3.48. The van der Waals surface area contributed by atoms with Crippen LogP contribution >= 0.6 is 0 Å². The highest BCUT2D eigenvalue weighted by Crippen LogP contribution is 2.38. The number of nitrogens with zero attached hydrogens (tertiary/aromatic N) is 1. The van der Waals surface area contributed by atoms with Crippen molar-refractivity contribution in [3.05, 3.63) is 96.6 Å². The minimum Gasteiger partial charge on any atom is -0.332 e. The fraction of sp³-hybridized carbons (Fsp3) is 0.143. The second-order valence-electron chi connectivity index (χ2n) is 5.93. The maximum Gasteiger partial charge on any atom is 0.0646 e. The van der Waals surface area contributed by atoms with Crippen molar-refractivity contribution in [2.24, 2.45) is 0 Å². The summed E-state index contributed by atoms with van der Waals surface area (Å²) < 4.78 is 0. The SMILES string of the molecule is CC(C)(c1ccccc1)N(c1ccccc1)c1ccccc1.[B]. The van der Waals surface area contributed by atoms with Crippen LogP contribution in [0.4, 0.5) is 11.4 Å². The average Bonchev–Trinajstić information content (AvgIpc) is 2.58. The van der Waals surface area contributed by atoms with E-state index in [1.807, 2.05) is 0 Å². The molecule has 0 atom stereocenters. The highest BCUT2D eigenvalue weighted by Gasteiger charge is 2.30. The molecule has 2 heteroatoms. The lowest BCUT2D eigenvalue weighted by atomic mass is 9.91. The summed E-state index contributed by atoms with van der Waals surface area (Å²) in [7, 11) is 0. The highest BCUT2D eigenvalue weighted by atomic mass is 15.2. The molecule has 3 aromatic carbocycles. The smallest absolute Gasteiger partial charge is 0.0646 e. The highest BCUT2D eigenvalue weighted by molar-refractivity contribution is 5.75. The zero-order valence-corrected chi connectivity index (χ0v) is 13.7. The molecule has 0 amide bonds. The maximum atomic E-state index is 2.39. The minimum absolute atomic E-state index is 0. The molecule has 3 radical (unpaired) electrons. The number of anilines is 2. The van der Waals surface area contributed by atoms with Gasteiger partial charge >= 0.3 is 0 Å². The molecule has 23 heavy (non-hydrogen) atoms. The van der Waals surface area contributed by atoms with Crippen LogP contribution in [-0.4, -0.2) is 8.41 Å². The van der Waals surface area contributed by atoms with Crippen molar-refractivity contribution >= 4 is 19.8 Å². The molecule has 0 fully saturated rings. The van der Waals surface area contributed by atoms with Gasteiger partial charge in [0.25, 0.3) is 0 Å². The van der Waals surface area contributed by atoms with Crippen LogP contribution in [0.25, 0.3) is 0 Å². The summed E-state index contributed by atoms with van der Waals surface area (Å²) in [5.74, 6) is 0. The molecule has 0 aliphatic rings. The zero-order chi connectivity index (χ0) is 15.4. The minimum atomic E-state index is -0.149. The van der Waals surface area contributed by atoms with Crippen LogP contribution in [-0.2, 0) is 5.54 Å². The number of benzene rings is 3. The third-order valence-electron chi connectivity index (χ3n) is 4.07. The summed E-state index contributed by atoms with van der Waals surface area (Å²) >= 11 is 0. The van der Waals surface area contributed by atoms with Crippen LogP contribution in [0.2, 0.25) is 0 Å². The summed E-state index contributed by atoms with van der Waals surface area (Å²) in [5.41, 5.74) is 3.54. The standard InChI is InChI=1S/C21H21N.B/c1-21(2,18-12-6-3-7-13-18)22(19-14-8-4-9-15-19)20-16-10-5-11-17-20;/h3-17H,1-2H3;. The summed E-state index contributed by atoms with van der Waals surface area (Å²) in [5, 5.41) is 0. The Hall–Kier alpha value is -2.48. The molecule has 1 nitrogen and oxygen atoms in total. The summed E-state index contributed by atoms with van der Waals surface area (Å²) in [6.45, 7) is 4.53. The molecule has 0 heterocycles. The van der Waals surface area contributed by atoms with E-state index in [9.17, 15) is 0 Å². The lowest BCUT2D eigenvalue weighted by Crippen LogP contribution is -2.38. The lowest BCUT2D eigenvalue weighted by molar-refractivity contribution is 0.536. The van der Waals surface area contributed by atoms with Gasteiger partial charge in [0, 0.05) is 19.8 Å². The van der Waals surface area contributed by atoms with Crippen LogP contribution in [0, 0.1) is 0 Å². The van der Waals surface area contributed by atoms with Gasteiger partial charge in [0.15, 0.2) is 0 Å². The summed E-state index contributed by atoms with van der Waals surface area (Å²) in [6.07, 6.45) is 0. The first-order valence-corrected chi connectivity index (χ1v) is 7.65. The molecule has 0 unspecified atom stereocenters. The van der Waals surface area contributed by atoms with Crippen molar-refractivity contribution in [3.63, 3.8) is 0 Å². The number of rotatable bonds is 4. The summed E-state index contributed by atoms with van der Waals surface area (Å²) in [4.78, 5) is 2.39. The van der Waals surface area contributed by atoms with Crippen molar-refractivity contribution in [2.75, 3.05) is 4.90 Å². The van der Waals surface area contributed by atoms with Gasteiger partial charge in [-0.1, -0.05) is 66.7 Å². The van der Waals surface area contributed by atoms with Crippen LogP contribution in [0.3, 0.4) is 0 Å². The van der Waals surface area contributed by atoms with E-state index in [0.717, 1.165) is 0 Å². The molecular formula is C21H21BN. The molecule has 0 aliphatic heterocycles. The normalized spacial score (nSPS) is 10.7. The molecule has 0 saturated heterocycles. The monoisotopic (exact) mass is 298 g/mol. The Morgan fingerprint density at radius 3 is 1.30 bits per heavy atom. The van der Waals surface area contributed by atoms with Crippen LogP contribution < -0.4 is 4.90 Å². The Morgan fingerprint density at radius 1 is 0.565 bits per heavy atom. The first-order valence-electron chi connectivity index (χ1n) is 7.65. The predicted molar refractivity (Wildman–Crippen MR) is 100 cm³/mol. The Labute approximate surface area is 141 Å². The molecule has 0 aliphatic carbocycles. The Morgan fingerprint density at radius 2 is 0.913 bits per heavy atom. The van der Waals surface area contributed by atoms with Crippen LogP contribution in [0.1, 0.15) is 19.4 Å². The van der Waals surface area contributed by atoms with E-state index in [0.29, 0.717) is 0 Å². The van der Waals surface area contributed by atoms with Gasteiger partial charge < -0.3 is 4.90 Å². The van der Waals surface area contributed by atoms with E-state index in [1.165, 1.54) is 16.9 Å². The molecule has 0 saturated carbocycles. The molecule has 113 valence electrons. The zero-order valence-electron chi connectivity index (χ0n) is 13.7. The fourth-order valence-electron chi connectivity index (χ4n) is 2.92. The van der Waals surface area contributed by atoms with Crippen molar-refractivity contribution in [2.45, 2.75) is 19.4 Å². The Bertz CT molecular complexity index is 669. The van der Waals surface area contributed by atoms with Gasteiger partial charge in [-0.3, -0.25) is 0 Å². The second kappa shape index (κ2) is 7.19. The van der Waals surface area contributed by atoms with Crippen LogP contribution in [0.15, 0.2) is 91.0 Å². The van der Waals surface area contributed by atoms with Crippen LogP contribution in [0.5, 0.6) is 0 Å². The molecule has 0 aromatic heterocycles. The van der Waals surface area contributed by atoms with Crippen molar-refractivity contribution in [3.8, 4) is 0 Å². The molecular weight excluding hydrogens is 277 g/mol. The van der Waals surface area contributed by atoms with Gasteiger partial charge in [0.2, 0.25) is 0 Å². The fourth-order valence-corrected chi connectivity index (χ4v) is 2.92. The average molecular weight is 298 g/mol. The second-order valence-corrected chi connectivity index (χ2v) is 5.93. The van der Waals surface area contributed by atoms with Crippen molar-refractivity contribution in [1.29, 1.82) is 0 Å². The van der Waals surface area contributed by atoms with E-state index in [4.69, 9.17) is 0 Å². The van der Waals surface area contributed by atoms with Gasteiger partial charge in [-0.25, -0.2) is 0 Å². The van der Waals surface area contributed by atoms with Crippen molar-refractivity contribution < 1.29 is 0 Å². The van der Waals surface area contributed by atoms with E-state index in [-0.39, 0.29) is 14.0 Å². The lowest BCUT2D eigenvalue weighted by Gasteiger charge is -2.41. The first kappa shape index (κ1) is 16.9. The molecule has 0 spiro atoms. The van der Waals surface area contributed by atoms with E-state index in [1.54, 1.807) is 0 Å². The maximum absolute atomic E-state index is 2.39. The van der Waals surface area contributed by atoms with Gasteiger partial charge in [-0.15, -0.1) is 0 Å². The van der Waals surface area contributed by atoms with Gasteiger partial charge in [-0.05, 0) is 43.7 Å². The Balaban J connectivity index is 0.00000192. The van der Waals surface area contributed by atoms with E-state index < -0.39 is 0 Å². The van der Waals surface area contributed by atoms with Gasteiger partial charge in [0.05, 0.1) is 5.54 Å². The molecule has 3 aromatic rings. The Kier molecular flexibility index (Phi) is 5.28. The van der Waals surface area contributed by atoms with Gasteiger partial charge in [-0.2, -0.15) is 0 Å². The van der Waals surface area contributed by atoms with Crippen molar-refractivity contribution in [1.82, 2.24) is 0 Å². The molecule has 0 bridgehead atoms. The number of hydrogen-bond acceptors (Lipinski definition) is 1. The van der Waals surface area contributed by atoms with E-state index in [2.05, 4.69) is 110 Å². The third-order valence-corrected chi connectivity index (χ3v) is 4.07. The first-order chi connectivity index (χ1) is 10.7. The largest absolute Gasteiger partial charge is 0.332 e. The van der Waals surface area contributed by atoms with Gasteiger partial charge in [0.1, 0.15) is 0 Å². The molecule has 0 N–H and O–H groups in total. The predicted octanol–water partition coefficient (Wildman–Crippen LogP) is 5.38. The summed E-state index contributed by atoms with van der Waals surface area (Å²) in [6, 6.07) is 31.8. The quantitative estimate of drug-likeness (QED) is 0.584.